The van der Waals surface area contributed by atoms with Crippen molar-refractivity contribution in [3.8, 4) is 22.3 Å². The molecule has 0 radical (unpaired) electrons. The van der Waals surface area contributed by atoms with Crippen molar-refractivity contribution in [3.63, 3.8) is 0 Å². The van der Waals surface area contributed by atoms with Crippen LogP contribution in [0.1, 0.15) is 55.5 Å². The molecule has 1 atom stereocenters. The summed E-state index contributed by atoms with van der Waals surface area (Å²) in [7, 11) is 0. The monoisotopic (exact) mass is 608 g/mol. The van der Waals surface area contributed by atoms with Crippen molar-refractivity contribution < 1.29 is 0 Å². The third-order valence-corrected chi connectivity index (χ3v) is 9.12. The molecule has 0 saturated carbocycles. The molecular weight excluding hydrogens is 573 g/mol. The molecule has 8 rings (SSSR count). The molecule has 1 N–H and O–H groups in total. The molecule has 4 aromatic carbocycles. The van der Waals surface area contributed by atoms with Gasteiger partial charge in [0.05, 0.1) is 17.1 Å². The van der Waals surface area contributed by atoms with E-state index in [2.05, 4.69) is 147 Å². The molecule has 47 heavy (non-hydrogen) atoms. The Morgan fingerprint density at radius 3 is 2.34 bits per heavy atom. The van der Waals surface area contributed by atoms with Crippen LogP contribution in [0.2, 0.25) is 0 Å². The van der Waals surface area contributed by atoms with Gasteiger partial charge < -0.3 is 5.32 Å². The van der Waals surface area contributed by atoms with Gasteiger partial charge in [-0.3, -0.25) is 15.0 Å². The van der Waals surface area contributed by atoms with Crippen LogP contribution in [0.4, 0.5) is 0 Å². The molecule has 0 spiro atoms. The Kier molecular flexibility index (Phi) is 7.54. The predicted molar refractivity (Wildman–Crippen MR) is 195 cm³/mol. The molecule has 0 saturated heterocycles. The van der Waals surface area contributed by atoms with E-state index >= 15 is 0 Å². The molecule has 228 valence electrons. The van der Waals surface area contributed by atoms with Crippen LogP contribution in [-0.4, -0.2) is 15.8 Å². The van der Waals surface area contributed by atoms with Crippen LogP contribution < -0.4 is 5.32 Å². The van der Waals surface area contributed by atoms with E-state index in [9.17, 15) is 0 Å². The van der Waals surface area contributed by atoms with E-state index < -0.39 is 0 Å². The molecule has 4 nitrogen and oxygen atoms in total. The summed E-state index contributed by atoms with van der Waals surface area (Å²) in [6.45, 7) is 4.40. The highest BCUT2D eigenvalue weighted by Gasteiger charge is 2.21. The largest absolute Gasteiger partial charge is 0.340 e. The van der Waals surface area contributed by atoms with E-state index in [0.29, 0.717) is 0 Å². The molecule has 2 aliphatic rings. The van der Waals surface area contributed by atoms with E-state index in [1.54, 1.807) is 0 Å². The van der Waals surface area contributed by atoms with E-state index in [1.807, 2.05) is 12.3 Å². The molecular formula is C43H36N4. The first-order chi connectivity index (χ1) is 23.1. The van der Waals surface area contributed by atoms with E-state index in [4.69, 9.17) is 15.0 Å². The van der Waals surface area contributed by atoms with Crippen LogP contribution >= 0.6 is 0 Å². The highest BCUT2D eigenvalue weighted by atomic mass is 15.0. The smallest absolute Gasteiger partial charge is 0.133 e. The number of allylic oxidation sites excluding steroid dienone is 3. The first-order valence-electron chi connectivity index (χ1n) is 16.5. The number of nitrogens with one attached hydrogen (secondary N) is 1. The molecule has 0 fully saturated rings. The lowest BCUT2D eigenvalue weighted by molar-refractivity contribution is 0.830. The normalized spacial score (nSPS) is 16.1. The van der Waals surface area contributed by atoms with Gasteiger partial charge in [0.2, 0.25) is 0 Å². The van der Waals surface area contributed by atoms with Gasteiger partial charge in [-0.1, -0.05) is 123 Å². The lowest BCUT2D eigenvalue weighted by Gasteiger charge is -2.25. The summed E-state index contributed by atoms with van der Waals surface area (Å²) < 4.78 is 0. The van der Waals surface area contributed by atoms with Gasteiger partial charge in [0.15, 0.2) is 0 Å². The number of amidine groups is 1. The quantitative estimate of drug-likeness (QED) is 0.191. The van der Waals surface area contributed by atoms with Crippen molar-refractivity contribution in [2.45, 2.75) is 38.6 Å². The van der Waals surface area contributed by atoms with Crippen LogP contribution in [0, 0.1) is 0 Å². The van der Waals surface area contributed by atoms with Gasteiger partial charge in [-0.15, -0.1) is 0 Å². The fourth-order valence-corrected chi connectivity index (χ4v) is 6.56. The number of rotatable bonds is 6. The molecule has 2 aromatic heterocycles. The summed E-state index contributed by atoms with van der Waals surface area (Å²) in [6.07, 6.45) is 13.0. The minimum Gasteiger partial charge on any atom is -0.340 e. The zero-order valence-corrected chi connectivity index (χ0v) is 26.7. The minimum absolute atomic E-state index is 0.147. The van der Waals surface area contributed by atoms with Crippen LogP contribution in [0.3, 0.4) is 0 Å². The first kappa shape index (κ1) is 28.8. The molecule has 3 heterocycles. The Hall–Kier alpha value is -5.61. The fourth-order valence-electron chi connectivity index (χ4n) is 6.56. The summed E-state index contributed by atoms with van der Waals surface area (Å²) in [5.74, 6) is 1.17. The maximum Gasteiger partial charge on any atom is 0.133 e. The number of hydrogen-bond donors (Lipinski definition) is 1. The number of pyridine rings is 2. The van der Waals surface area contributed by atoms with Gasteiger partial charge in [-0.25, -0.2) is 0 Å². The third kappa shape index (κ3) is 5.68. The number of aromatic nitrogens is 2. The predicted octanol–water partition coefficient (Wildman–Crippen LogP) is 10.5. The Bertz CT molecular complexity index is 2240. The number of nitrogens with zero attached hydrogens (tertiary/aromatic N) is 3. The van der Waals surface area contributed by atoms with Gasteiger partial charge in [0.1, 0.15) is 5.84 Å². The van der Waals surface area contributed by atoms with Gasteiger partial charge in [-0.2, -0.15) is 0 Å². The lowest BCUT2D eigenvalue weighted by Crippen LogP contribution is -2.29. The first-order valence-corrected chi connectivity index (χ1v) is 16.5. The van der Waals surface area contributed by atoms with Crippen molar-refractivity contribution in [2.24, 2.45) is 4.99 Å². The highest BCUT2D eigenvalue weighted by Crippen LogP contribution is 2.36. The van der Waals surface area contributed by atoms with E-state index in [1.165, 1.54) is 22.3 Å². The SMILES string of the molecule is CC(C)c1cc(-c2cccc(C3C=C(C4=CCCC=C4)NC(c4ccc(-c5ccccc5)cc4)=N3)c2)c2ccc3cccnc3c2n1. The van der Waals surface area contributed by atoms with Crippen molar-refractivity contribution in [3.05, 3.63) is 168 Å². The number of fused-ring (bicyclic) bond motifs is 3. The van der Waals surface area contributed by atoms with E-state index in [0.717, 1.165) is 68.6 Å². The van der Waals surface area contributed by atoms with Crippen molar-refractivity contribution >= 4 is 27.6 Å². The van der Waals surface area contributed by atoms with Crippen molar-refractivity contribution in [2.75, 3.05) is 0 Å². The highest BCUT2D eigenvalue weighted by molar-refractivity contribution is 6.08. The Balaban J connectivity index is 1.23. The Morgan fingerprint density at radius 1 is 0.723 bits per heavy atom. The molecule has 1 aliphatic carbocycles. The molecule has 4 heteroatoms. The summed E-state index contributed by atoms with van der Waals surface area (Å²) in [5, 5.41) is 5.89. The third-order valence-electron chi connectivity index (χ3n) is 9.12. The summed E-state index contributed by atoms with van der Waals surface area (Å²) in [4.78, 5) is 15.2. The van der Waals surface area contributed by atoms with Crippen LogP contribution in [0.25, 0.3) is 44.1 Å². The van der Waals surface area contributed by atoms with Crippen molar-refractivity contribution in [1.82, 2.24) is 15.3 Å². The molecule has 1 aliphatic heterocycles. The number of benzene rings is 4. The lowest BCUT2D eigenvalue weighted by atomic mass is 9.93. The zero-order chi connectivity index (χ0) is 31.7. The Labute approximate surface area is 276 Å². The topological polar surface area (TPSA) is 50.2 Å². The summed E-state index contributed by atoms with van der Waals surface area (Å²) in [6, 6.07) is 38.6. The molecule has 0 amide bonds. The Morgan fingerprint density at radius 2 is 1.53 bits per heavy atom. The van der Waals surface area contributed by atoms with Crippen LogP contribution in [-0.2, 0) is 0 Å². The number of hydrogen-bond acceptors (Lipinski definition) is 4. The van der Waals surface area contributed by atoms with Gasteiger partial charge in [0, 0.05) is 33.9 Å². The molecule has 0 bridgehead atoms. The maximum absolute atomic E-state index is 5.31. The zero-order valence-electron chi connectivity index (χ0n) is 26.7. The van der Waals surface area contributed by atoms with Crippen molar-refractivity contribution in [1.29, 1.82) is 0 Å². The standard InChI is InChI=1S/C43H36N4/c1-28(2)38-26-37(36-23-22-32-17-10-24-44-41(32)42(36)45-38)34-15-9-16-35(25-34)40-27-39(31-13-7-4-8-14-31)46-43(47-40)33-20-18-30(19-21-33)29-11-5-3-6-12-29/h3,5-7,9-28,40H,4,8H2,1-2H3,(H,46,47). The second kappa shape index (κ2) is 12.3. The van der Waals surface area contributed by atoms with Crippen LogP contribution in [0.15, 0.2) is 156 Å². The van der Waals surface area contributed by atoms with Gasteiger partial charge in [0.25, 0.3) is 0 Å². The maximum atomic E-state index is 5.31. The molecule has 1 unspecified atom stereocenters. The van der Waals surface area contributed by atoms with E-state index in [-0.39, 0.29) is 12.0 Å². The van der Waals surface area contributed by atoms with Crippen LogP contribution in [0.5, 0.6) is 0 Å². The van der Waals surface area contributed by atoms with Gasteiger partial charge in [-0.05, 0) is 76.4 Å². The second-order valence-electron chi connectivity index (χ2n) is 12.6. The fraction of sp³-hybridized carbons (Fsp3) is 0.140. The molecule has 6 aromatic rings. The van der Waals surface area contributed by atoms with Gasteiger partial charge >= 0.3 is 0 Å². The average molecular weight is 609 g/mol. The second-order valence-corrected chi connectivity index (χ2v) is 12.6. The number of aliphatic imine (C=N–C) groups is 1. The summed E-state index contributed by atoms with van der Waals surface area (Å²) >= 11 is 0. The minimum atomic E-state index is -0.147. The summed E-state index contributed by atoms with van der Waals surface area (Å²) in [5.41, 5.74) is 12.2. The average Bonchev–Trinajstić information content (AvgIpc) is 3.15.